The van der Waals surface area contributed by atoms with Crippen LogP contribution in [0.15, 0.2) is 18.3 Å². The standard InChI is InChI=1S/C12H14F3NO/c1-10(2)6-11(10,7-17)9-4-3-8(5-16-9)12(13,14)15/h3-5,17H,6-7H2,1-2H3. The van der Waals surface area contributed by atoms with Crippen molar-refractivity contribution in [1.29, 1.82) is 0 Å². The molecule has 0 saturated heterocycles. The zero-order chi connectivity index (χ0) is 12.9. The first kappa shape index (κ1) is 12.4. The summed E-state index contributed by atoms with van der Waals surface area (Å²) < 4.78 is 37.1. The van der Waals surface area contributed by atoms with Crippen molar-refractivity contribution in [3.05, 3.63) is 29.6 Å². The monoisotopic (exact) mass is 245 g/mol. The molecule has 0 radical (unpaired) electrons. The molecule has 0 bridgehead atoms. The minimum atomic E-state index is -4.36. The van der Waals surface area contributed by atoms with Crippen molar-refractivity contribution in [3.63, 3.8) is 0 Å². The number of aliphatic hydroxyl groups excluding tert-OH is 1. The molecule has 5 heteroatoms. The van der Waals surface area contributed by atoms with Crippen molar-refractivity contribution in [3.8, 4) is 0 Å². The number of aliphatic hydroxyl groups is 1. The van der Waals surface area contributed by atoms with Gasteiger partial charge in [-0.3, -0.25) is 4.98 Å². The zero-order valence-electron chi connectivity index (χ0n) is 9.67. The highest BCUT2D eigenvalue weighted by Gasteiger charge is 2.62. The van der Waals surface area contributed by atoms with Crippen LogP contribution in [0.1, 0.15) is 31.5 Å². The van der Waals surface area contributed by atoms with Crippen LogP contribution in [-0.4, -0.2) is 16.7 Å². The molecule has 2 rings (SSSR count). The van der Waals surface area contributed by atoms with Crippen LogP contribution in [0, 0.1) is 5.41 Å². The molecule has 17 heavy (non-hydrogen) atoms. The molecule has 0 aliphatic heterocycles. The van der Waals surface area contributed by atoms with Crippen molar-refractivity contribution in [2.75, 3.05) is 6.61 Å². The Balaban J connectivity index is 2.31. The molecule has 0 aromatic carbocycles. The van der Waals surface area contributed by atoms with Crippen molar-refractivity contribution < 1.29 is 18.3 Å². The van der Waals surface area contributed by atoms with E-state index >= 15 is 0 Å². The topological polar surface area (TPSA) is 33.1 Å². The van der Waals surface area contributed by atoms with Crippen LogP contribution >= 0.6 is 0 Å². The van der Waals surface area contributed by atoms with E-state index in [1.807, 2.05) is 13.8 Å². The molecule has 1 N–H and O–H groups in total. The van der Waals surface area contributed by atoms with Crippen molar-refractivity contribution in [1.82, 2.24) is 4.98 Å². The maximum atomic E-state index is 12.4. The van der Waals surface area contributed by atoms with E-state index < -0.39 is 17.2 Å². The first-order valence-corrected chi connectivity index (χ1v) is 5.37. The third-order valence-corrected chi connectivity index (χ3v) is 3.77. The molecule has 1 fully saturated rings. The lowest BCUT2D eigenvalue weighted by atomic mass is 9.92. The molecule has 1 aliphatic rings. The van der Waals surface area contributed by atoms with Gasteiger partial charge >= 0.3 is 6.18 Å². The van der Waals surface area contributed by atoms with E-state index in [0.29, 0.717) is 5.69 Å². The number of hydrogen-bond donors (Lipinski definition) is 1. The highest BCUT2D eigenvalue weighted by molar-refractivity contribution is 5.33. The second-order valence-corrected chi connectivity index (χ2v) is 5.23. The van der Waals surface area contributed by atoms with Crippen LogP contribution in [0.5, 0.6) is 0 Å². The third-order valence-electron chi connectivity index (χ3n) is 3.77. The average Bonchev–Trinajstić information content (AvgIpc) is 2.81. The molecule has 1 unspecified atom stereocenters. The minimum absolute atomic E-state index is 0.0850. The normalized spacial score (nSPS) is 26.9. The fraction of sp³-hybridized carbons (Fsp3) is 0.583. The van der Waals surface area contributed by atoms with E-state index in [2.05, 4.69) is 4.98 Å². The summed E-state index contributed by atoms with van der Waals surface area (Å²) in [6, 6.07) is 2.39. The summed E-state index contributed by atoms with van der Waals surface area (Å²) in [5.41, 5.74) is -0.795. The van der Waals surface area contributed by atoms with Gasteiger partial charge in [0.05, 0.1) is 12.2 Å². The van der Waals surface area contributed by atoms with Crippen LogP contribution in [0.2, 0.25) is 0 Å². The Morgan fingerprint density at radius 2 is 1.94 bits per heavy atom. The summed E-state index contributed by atoms with van der Waals surface area (Å²) in [6.45, 7) is 3.86. The number of nitrogens with zero attached hydrogens (tertiary/aromatic N) is 1. The fourth-order valence-electron chi connectivity index (χ4n) is 2.34. The minimum Gasteiger partial charge on any atom is -0.395 e. The number of hydrogen-bond acceptors (Lipinski definition) is 2. The van der Waals surface area contributed by atoms with Gasteiger partial charge in [-0.25, -0.2) is 0 Å². The third kappa shape index (κ3) is 1.82. The molecule has 1 aromatic heterocycles. The van der Waals surface area contributed by atoms with E-state index in [0.717, 1.165) is 18.7 Å². The van der Waals surface area contributed by atoms with E-state index in [1.165, 1.54) is 6.07 Å². The lowest BCUT2D eigenvalue weighted by Gasteiger charge is -2.17. The Labute approximate surface area is 97.5 Å². The molecule has 2 nitrogen and oxygen atoms in total. The number of rotatable bonds is 2. The average molecular weight is 245 g/mol. The van der Waals surface area contributed by atoms with Crippen LogP contribution in [0.25, 0.3) is 0 Å². The molecule has 0 amide bonds. The van der Waals surface area contributed by atoms with Crippen molar-refractivity contribution >= 4 is 0 Å². The molecular formula is C12H14F3NO. The maximum Gasteiger partial charge on any atom is 0.417 e. The van der Waals surface area contributed by atoms with Crippen molar-refractivity contribution in [2.24, 2.45) is 5.41 Å². The molecule has 1 aromatic rings. The molecule has 1 aliphatic carbocycles. The first-order valence-electron chi connectivity index (χ1n) is 5.37. The Morgan fingerprint density at radius 1 is 1.35 bits per heavy atom. The highest BCUT2D eigenvalue weighted by atomic mass is 19.4. The van der Waals surface area contributed by atoms with Gasteiger partial charge in [0, 0.05) is 17.3 Å². The second kappa shape index (κ2) is 3.45. The van der Waals surface area contributed by atoms with Gasteiger partial charge in [0.1, 0.15) is 0 Å². The van der Waals surface area contributed by atoms with Gasteiger partial charge in [0.15, 0.2) is 0 Å². The Bertz CT molecular complexity index is 424. The summed E-state index contributed by atoms with van der Waals surface area (Å²) in [6.07, 6.45) is -2.78. The maximum absolute atomic E-state index is 12.4. The molecule has 0 spiro atoms. The summed E-state index contributed by atoms with van der Waals surface area (Å²) in [5, 5.41) is 9.41. The quantitative estimate of drug-likeness (QED) is 0.869. The van der Waals surface area contributed by atoms with Crippen LogP contribution in [0.3, 0.4) is 0 Å². The van der Waals surface area contributed by atoms with Gasteiger partial charge < -0.3 is 5.11 Å². The lowest BCUT2D eigenvalue weighted by Crippen LogP contribution is -2.21. The van der Waals surface area contributed by atoms with Gasteiger partial charge in [0.2, 0.25) is 0 Å². The summed E-state index contributed by atoms with van der Waals surface area (Å²) >= 11 is 0. The molecular weight excluding hydrogens is 231 g/mol. The van der Waals surface area contributed by atoms with Gasteiger partial charge in [-0.15, -0.1) is 0 Å². The number of aromatic nitrogens is 1. The second-order valence-electron chi connectivity index (χ2n) is 5.23. The summed E-state index contributed by atoms with van der Waals surface area (Å²) in [4.78, 5) is 3.87. The SMILES string of the molecule is CC1(C)CC1(CO)c1ccc(C(F)(F)F)cn1. The van der Waals surface area contributed by atoms with E-state index in [4.69, 9.17) is 0 Å². The smallest absolute Gasteiger partial charge is 0.395 e. The molecule has 1 heterocycles. The predicted molar refractivity (Wildman–Crippen MR) is 56.4 cm³/mol. The highest BCUT2D eigenvalue weighted by Crippen LogP contribution is 2.63. The lowest BCUT2D eigenvalue weighted by molar-refractivity contribution is -0.137. The largest absolute Gasteiger partial charge is 0.417 e. The predicted octanol–water partition coefficient (Wildman–Crippen LogP) is 2.76. The van der Waals surface area contributed by atoms with Gasteiger partial charge in [-0.2, -0.15) is 13.2 Å². The molecule has 1 atom stereocenters. The van der Waals surface area contributed by atoms with Gasteiger partial charge in [-0.05, 0) is 24.0 Å². The van der Waals surface area contributed by atoms with E-state index in [-0.39, 0.29) is 12.0 Å². The van der Waals surface area contributed by atoms with Gasteiger partial charge in [0.25, 0.3) is 0 Å². The van der Waals surface area contributed by atoms with Gasteiger partial charge in [-0.1, -0.05) is 13.8 Å². The Morgan fingerprint density at radius 3 is 2.24 bits per heavy atom. The Hall–Kier alpha value is -1.10. The van der Waals surface area contributed by atoms with E-state index in [9.17, 15) is 18.3 Å². The van der Waals surface area contributed by atoms with Crippen LogP contribution < -0.4 is 0 Å². The van der Waals surface area contributed by atoms with E-state index in [1.54, 1.807) is 0 Å². The number of alkyl halides is 3. The zero-order valence-corrected chi connectivity index (χ0v) is 9.67. The first-order chi connectivity index (χ1) is 7.73. The molecule has 1 saturated carbocycles. The van der Waals surface area contributed by atoms with Crippen molar-refractivity contribution in [2.45, 2.75) is 31.9 Å². The van der Waals surface area contributed by atoms with Crippen LogP contribution in [-0.2, 0) is 11.6 Å². The number of pyridine rings is 1. The summed E-state index contributed by atoms with van der Waals surface area (Å²) in [5.74, 6) is 0. The van der Waals surface area contributed by atoms with Crippen LogP contribution in [0.4, 0.5) is 13.2 Å². The molecule has 94 valence electrons. The Kier molecular flexibility index (Phi) is 2.51. The fourth-order valence-corrected chi connectivity index (χ4v) is 2.34. The number of halogens is 3. The summed E-state index contributed by atoms with van der Waals surface area (Å²) in [7, 11) is 0.